The molecule has 0 radical (unpaired) electrons. The summed E-state index contributed by atoms with van der Waals surface area (Å²) in [5, 5.41) is 12.0. The predicted molar refractivity (Wildman–Crippen MR) is 66.9 cm³/mol. The number of nitrogens with zero attached hydrogens (tertiary/aromatic N) is 1. The molecular weight excluding hydrogens is 270 g/mol. The molecule has 20 heavy (non-hydrogen) atoms. The third-order valence-corrected chi connectivity index (χ3v) is 2.38. The van der Waals surface area contributed by atoms with Crippen molar-refractivity contribution in [2.45, 2.75) is 6.61 Å². The van der Waals surface area contributed by atoms with Crippen LogP contribution in [0.1, 0.15) is 10.4 Å². The van der Waals surface area contributed by atoms with Gasteiger partial charge in [-0.25, -0.2) is 0 Å². The molecule has 1 heterocycles. The second kappa shape index (κ2) is 5.96. The SMILES string of the molecule is O=C(Nc1ccc(OC(F)F)cc1)c1ccncc1O. The maximum absolute atomic E-state index is 12.0. The van der Waals surface area contributed by atoms with E-state index in [2.05, 4.69) is 15.0 Å². The standard InChI is InChI=1S/C13H10F2N2O3/c14-13(15)20-9-3-1-8(2-4-9)17-12(19)10-5-6-16-7-11(10)18/h1-7,13,18H,(H,17,19). The summed E-state index contributed by atoms with van der Waals surface area (Å²) in [6.07, 6.45) is 2.52. The van der Waals surface area contributed by atoms with Gasteiger partial charge in [-0.2, -0.15) is 8.78 Å². The summed E-state index contributed by atoms with van der Waals surface area (Å²) in [5.74, 6) is -0.792. The Hall–Kier alpha value is -2.70. The third-order valence-electron chi connectivity index (χ3n) is 2.38. The summed E-state index contributed by atoms with van der Waals surface area (Å²) < 4.78 is 28.1. The number of ether oxygens (including phenoxy) is 1. The van der Waals surface area contributed by atoms with Crippen LogP contribution in [-0.4, -0.2) is 22.6 Å². The highest BCUT2D eigenvalue weighted by atomic mass is 19.3. The van der Waals surface area contributed by atoms with Gasteiger partial charge in [0.25, 0.3) is 5.91 Å². The number of rotatable bonds is 4. The molecule has 0 aliphatic rings. The first-order valence-corrected chi connectivity index (χ1v) is 5.55. The zero-order valence-electron chi connectivity index (χ0n) is 10.1. The quantitative estimate of drug-likeness (QED) is 0.903. The maximum atomic E-state index is 12.0. The fraction of sp³-hybridized carbons (Fsp3) is 0.0769. The zero-order valence-corrected chi connectivity index (χ0v) is 10.1. The van der Waals surface area contributed by atoms with Crippen LogP contribution < -0.4 is 10.1 Å². The maximum Gasteiger partial charge on any atom is 0.387 e. The summed E-state index contributed by atoms with van der Waals surface area (Å²) in [5.41, 5.74) is 0.445. The van der Waals surface area contributed by atoms with E-state index in [0.29, 0.717) is 5.69 Å². The first-order chi connectivity index (χ1) is 9.56. The van der Waals surface area contributed by atoms with Gasteiger partial charge in [-0.3, -0.25) is 9.78 Å². The van der Waals surface area contributed by atoms with Crippen LogP contribution in [0.25, 0.3) is 0 Å². The van der Waals surface area contributed by atoms with Crippen molar-refractivity contribution in [3.8, 4) is 11.5 Å². The largest absolute Gasteiger partial charge is 0.505 e. The number of pyridine rings is 1. The topological polar surface area (TPSA) is 71.5 Å². The molecule has 0 atom stereocenters. The van der Waals surface area contributed by atoms with E-state index in [1.54, 1.807) is 0 Å². The summed E-state index contributed by atoms with van der Waals surface area (Å²) in [7, 11) is 0. The molecule has 0 saturated heterocycles. The lowest BCUT2D eigenvalue weighted by Gasteiger charge is -2.08. The summed E-state index contributed by atoms with van der Waals surface area (Å²) in [4.78, 5) is 15.5. The zero-order chi connectivity index (χ0) is 14.5. The third kappa shape index (κ3) is 3.41. The summed E-state index contributed by atoms with van der Waals surface area (Å²) >= 11 is 0. The average molecular weight is 280 g/mol. The normalized spacial score (nSPS) is 10.3. The highest BCUT2D eigenvalue weighted by Gasteiger charge is 2.11. The Morgan fingerprint density at radius 2 is 1.95 bits per heavy atom. The summed E-state index contributed by atoms with van der Waals surface area (Å²) in [6.45, 7) is -2.90. The fourth-order valence-corrected chi connectivity index (χ4v) is 1.50. The van der Waals surface area contributed by atoms with E-state index in [1.165, 1.54) is 36.5 Å². The Labute approximate surface area is 112 Å². The van der Waals surface area contributed by atoms with Crippen molar-refractivity contribution >= 4 is 11.6 Å². The van der Waals surface area contributed by atoms with Crippen molar-refractivity contribution in [3.63, 3.8) is 0 Å². The number of alkyl halides is 2. The second-order valence-electron chi connectivity index (χ2n) is 3.75. The van der Waals surface area contributed by atoms with Gasteiger partial charge >= 0.3 is 6.61 Å². The van der Waals surface area contributed by atoms with Crippen LogP contribution in [0.3, 0.4) is 0 Å². The minimum absolute atomic E-state index is 0.00948. The molecule has 1 aromatic carbocycles. The highest BCUT2D eigenvalue weighted by molar-refractivity contribution is 6.05. The molecule has 2 N–H and O–H groups in total. The molecule has 0 aliphatic carbocycles. The molecule has 1 aromatic heterocycles. The van der Waals surface area contributed by atoms with Crippen molar-refractivity contribution in [2.24, 2.45) is 0 Å². The lowest BCUT2D eigenvalue weighted by atomic mass is 10.2. The van der Waals surface area contributed by atoms with E-state index in [-0.39, 0.29) is 17.1 Å². The lowest BCUT2D eigenvalue weighted by Crippen LogP contribution is -2.12. The van der Waals surface area contributed by atoms with Crippen LogP contribution in [-0.2, 0) is 0 Å². The number of hydrogen-bond donors (Lipinski definition) is 2. The first kappa shape index (κ1) is 13.7. The molecule has 2 aromatic rings. The van der Waals surface area contributed by atoms with Gasteiger partial charge in [0.2, 0.25) is 0 Å². The highest BCUT2D eigenvalue weighted by Crippen LogP contribution is 2.20. The lowest BCUT2D eigenvalue weighted by molar-refractivity contribution is -0.0498. The number of carbonyl (C=O) groups is 1. The van der Waals surface area contributed by atoms with E-state index in [4.69, 9.17) is 0 Å². The Bertz CT molecular complexity index is 603. The van der Waals surface area contributed by atoms with Gasteiger partial charge < -0.3 is 15.2 Å². The van der Waals surface area contributed by atoms with E-state index >= 15 is 0 Å². The van der Waals surface area contributed by atoms with Crippen LogP contribution >= 0.6 is 0 Å². The molecule has 0 spiro atoms. The van der Waals surface area contributed by atoms with Crippen LogP contribution in [0.4, 0.5) is 14.5 Å². The molecule has 0 bridgehead atoms. The number of carbonyl (C=O) groups excluding carboxylic acids is 1. The molecule has 7 heteroatoms. The number of nitrogens with one attached hydrogen (secondary N) is 1. The van der Waals surface area contributed by atoms with Crippen molar-refractivity contribution in [1.29, 1.82) is 0 Å². The van der Waals surface area contributed by atoms with Gasteiger partial charge in [0.1, 0.15) is 11.5 Å². The number of aromatic hydroxyl groups is 1. The molecule has 0 unspecified atom stereocenters. The smallest absolute Gasteiger partial charge is 0.387 e. The number of halogens is 2. The average Bonchev–Trinajstić information content (AvgIpc) is 2.41. The van der Waals surface area contributed by atoms with E-state index in [1.807, 2.05) is 0 Å². The van der Waals surface area contributed by atoms with Gasteiger partial charge in [0, 0.05) is 11.9 Å². The van der Waals surface area contributed by atoms with E-state index < -0.39 is 12.5 Å². The van der Waals surface area contributed by atoms with Crippen molar-refractivity contribution in [2.75, 3.05) is 5.32 Å². The number of anilines is 1. The number of aromatic nitrogens is 1. The molecule has 0 saturated carbocycles. The van der Waals surface area contributed by atoms with Crippen molar-refractivity contribution in [1.82, 2.24) is 4.98 Å². The molecular formula is C13H10F2N2O3. The molecule has 104 valence electrons. The van der Waals surface area contributed by atoms with Crippen molar-refractivity contribution < 1.29 is 23.4 Å². The molecule has 5 nitrogen and oxygen atoms in total. The van der Waals surface area contributed by atoms with E-state index in [9.17, 15) is 18.7 Å². The van der Waals surface area contributed by atoms with Crippen LogP contribution in [0, 0.1) is 0 Å². The van der Waals surface area contributed by atoms with Gasteiger partial charge in [-0.1, -0.05) is 0 Å². The van der Waals surface area contributed by atoms with Crippen LogP contribution in [0.5, 0.6) is 11.5 Å². The van der Waals surface area contributed by atoms with Crippen molar-refractivity contribution in [3.05, 3.63) is 48.3 Å². The molecule has 2 rings (SSSR count). The predicted octanol–water partition coefficient (Wildman–Crippen LogP) is 2.64. The minimum Gasteiger partial charge on any atom is -0.505 e. The van der Waals surface area contributed by atoms with Gasteiger partial charge in [0.15, 0.2) is 0 Å². The first-order valence-electron chi connectivity index (χ1n) is 5.55. The summed E-state index contributed by atoms with van der Waals surface area (Å²) in [6, 6.07) is 6.78. The monoisotopic (exact) mass is 280 g/mol. The Morgan fingerprint density at radius 3 is 2.55 bits per heavy atom. The molecule has 0 aliphatic heterocycles. The van der Waals surface area contributed by atoms with Gasteiger partial charge in [-0.15, -0.1) is 0 Å². The molecule has 0 fully saturated rings. The Kier molecular flexibility index (Phi) is 4.09. The van der Waals surface area contributed by atoms with E-state index in [0.717, 1.165) is 6.20 Å². The second-order valence-corrected chi connectivity index (χ2v) is 3.75. The van der Waals surface area contributed by atoms with Crippen LogP contribution in [0.2, 0.25) is 0 Å². The number of hydrogen-bond acceptors (Lipinski definition) is 4. The van der Waals surface area contributed by atoms with Crippen LogP contribution in [0.15, 0.2) is 42.7 Å². The van der Waals surface area contributed by atoms with Gasteiger partial charge in [0.05, 0.1) is 11.8 Å². The Morgan fingerprint density at radius 1 is 1.25 bits per heavy atom. The van der Waals surface area contributed by atoms with Gasteiger partial charge in [-0.05, 0) is 30.3 Å². The molecule has 1 amide bonds. The minimum atomic E-state index is -2.90. The number of amides is 1. The Balaban J connectivity index is 2.07. The fourth-order valence-electron chi connectivity index (χ4n) is 1.50. The number of benzene rings is 1.